The topological polar surface area (TPSA) is 78.8 Å². The maximum absolute atomic E-state index is 13.9. The highest BCUT2D eigenvalue weighted by molar-refractivity contribution is 5.74. The van der Waals surface area contributed by atoms with Crippen molar-refractivity contribution in [3.8, 4) is 5.75 Å². The Kier molecular flexibility index (Phi) is 10.1. The van der Waals surface area contributed by atoms with Crippen LogP contribution in [-0.2, 0) is 4.79 Å². The summed E-state index contributed by atoms with van der Waals surface area (Å²) in [7, 11) is 0. The molecule has 1 unspecified atom stereocenters. The molecule has 1 saturated carbocycles. The summed E-state index contributed by atoms with van der Waals surface area (Å²) in [6.45, 7) is 3.63. The first-order valence-corrected chi connectivity index (χ1v) is 11.4. The van der Waals surface area contributed by atoms with Crippen LogP contribution >= 0.6 is 0 Å². The van der Waals surface area contributed by atoms with Gasteiger partial charge in [0.1, 0.15) is 5.60 Å². The average Bonchev–Trinajstić information content (AvgIpc) is 3.17. The van der Waals surface area contributed by atoms with Gasteiger partial charge in [0.15, 0.2) is 11.6 Å². The Hall–Kier alpha value is -1.66. The second-order valence-electron chi connectivity index (χ2n) is 9.17. The first-order chi connectivity index (χ1) is 14.3. The molecule has 0 heterocycles. The summed E-state index contributed by atoms with van der Waals surface area (Å²) in [6, 6.07) is 6.30. The van der Waals surface area contributed by atoms with Gasteiger partial charge in [0.2, 0.25) is 5.91 Å². The van der Waals surface area contributed by atoms with Gasteiger partial charge in [0, 0.05) is 6.42 Å². The van der Waals surface area contributed by atoms with Gasteiger partial charge in [0.05, 0.1) is 6.10 Å². The number of carbonyl (C=O) groups is 1. The van der Waals surface area contributed by atoms with E-state index in [0.717, 1.165) is 32.1 Å². The van der Waals surface area contributed by atoms with Crippen LogP contribution < -0.4 is 10.2 Å². The van der Waals surface area contributed by atoms with Crippen molar-refractivity contribution in [1.29, 1.82) is 0 Å². The third-order valence-electron chi connectivity index (χ3n) is 6.49. The van der Waals surface area contributed by atoms with E-state index in [1.807, 2.05) is 13.8 Å². The van der Waals surface area contributed by atoms with Crippen molar-refractivity contribution in [2.45, 2.75) is 96.2 Å². The Bertz CT molecular complexity index is 652. The van der Waals surface area contributed by atoms with Gasteiger partial charge in [-0.2, -0.15) is 0 Å². The smallest absolute Gasteiger partial charge is 0.243 e. The highest BCUT2D eigenvalue weighted by Gasteiger charge is 2.33. The number of aliphatic hydroxyl groups is 1. The monoisotopic (exact) mass is 423 g/mol. The van der Waals surface area contributed by atoms with E-state index < -0.39 is 17.5 Å². The molecular weight excluding hydrogens is 385 g/mol. The molecule has 5 nitrogen and oxygen atoms in total. The number of rotatable bonds is 13. The molecule has 1 aliphatic rings. The summed E-state index contributed by atoms with van der Waals surface area (Å²) in [5.74, 6) is 0.784. The fraction of sp³-hybridized carbons (Fsp3) is 0.708. The van der Waals surface area contributed by atoms with E-state index in [4.69, 9.17) is 9.94 Å². The van der Waals surface area contributed by atoms with E-state index in [0.29, 0.717) is 24.7 Å². The molecule has 1 aliphatic carbocycles. The number of hydrogen-bond donors (Lipinski definition) is 3. The number of benzene rings is 1. The number of halogens is 1. The lowest BCUT2D eigenvalue weighted by molar-refractivity contribution is -0.129. The zero-order chi connectivity index (χ0) is 22.0. The van der Waals surface area contributed by atoms with Crippen molar-refractivity contribution in [2.24, 2.45) is 11.8 Å². The number of amides is 1. The number of para-hydroxylation sites is 1. The maximum atomic E-state index is 13.9. The molecule has 0 saturated heterocycles. The van der Waals surface area contributed by atoms with E-state index in [-0.39, 0.29) is 11.7 Å². The molecule has 1 aromatic carbocycles. The molecule has 30 heavy (non-hydrogen) atoms. The number of carbonyl (C=O) groups excluding carboxylic acids is 1. The summed E-state index contributed by atoms with van der Waals surface area (Å²) in [5.41, 5.74) is 0.819. The molecule has 6 heteroatoms. The van der Waals surface area contributed by atoms with Crippen molar-refractivity contribution >= 4 is 5.91 Å². The van der Waals surface area contributed by atoms with Crippen LogP contribution in [0.3, 0.4) is 0 Å². The summed E-state index contributed by atoms with van der Waals surface area (Å²) >= 11 is 0. The van der Waals surface area contributed by atoms with E-state index in [2.05, 4.69) is 0 Å². The standard InChI is InChI=1S/C24H38FNO4/c1-24(2,30-21-14-8-7-13-20(21)25)22(27)17-16-19-12-9-11-18(19)10-5-3-4-6-15-23(28)26-29/h7-8,13-14,18-19,22,27,29H,3-6,9-12,15-17H2,1-2H3,(H,26,28)/t18-,19+,22?/m0/s1. The van der Waals surface area contributed by atoms with Gasteiger partial charge >= 0.3 is 0 Å². The molecule has 3 atom stereocenters. The zero-order valence-electron chi connectivity index (χ0n) is 18.4. The van der Waals surface area contributed by atoms with Crippen LogP contribution in [0, 0.1) is 17.7 Å². The molecule has 0 aromatic heterocycles. The first kappa shape index (κ1) is 24.6. The fourth-order valence-electron chi connectivity index (χ4n) is 4.57. The third kappa shape index (κ3) is 7.88. The van der Waals surface area contributed by atoms with E-state index >= 15 is 0 Å². The maximum Gasteiger partial charge on any atom is 0.243 e. The van der Waals surface area contributed by atoms with Gasteiger partial charge in [-0.1, -0.05) is 57.1 Å². The molecule has 2 rings (SSSR count). The predicted molar refractivity (Wildman–Crippen MR) is 115 cm³/mol. The van der Waals surface area contributed by atoms with E-state index in [9.17, 15) is 14.3 Å². The Morgan fingerprint density at radius 3 is 2.53 bits per heavy atom. The molecule has 0 bridgehead atoms. The Balaban J connectivity index is 1.70. The molecule has 170 valence electrons. The largest absolute Gasteiger partial charge is 0.482 e. The molecule has 0 radical (unpaired) electrons. The number of nitrogens with one attached hydrogen (secondary N) is 1. The Morgan fingerprint density at radius 2 is 1.83 bits per heavy atom. The van der Waals surface area contributed by atoms with Crippen molar-refractivity contribution in [3.05, 3.63) is 30.1 Å². The lowest BCUT2D eigenvalue weighted by atomic mass is 9.85. The highest BCUT2D eigenvalue weighted by atomic mass is 19.1. The molecule has 1 fully saturated rings. The predicted octanol–water partition coefficient (Wildman–Crippen LogP) is 5.39. The number of aliphatic hydroxyl groups excluding tert-OH is 1. The SMILES string of the molecule is CC(C)(Oc1ccccc1F)C(O)CC[C@H]1CCC[C@@H]1CCCCCCC(=O)NO. The van der Waals surface area contributed by atoms with Gasteiger partial charge < -0.3 is 9.84 Å². The number of ether oxygens (including phenoxy) is 1. The van der Waals surface area contributed by atoms with Crippen LogP contribution in [0.5, 0.6) is 5.75 Å². The number of unbranched alkanes of at least 4 members (excludes halogenated alkanes) is 3. The lowest BCUT2D eigenvalue weighted by Gasteiger charge is -2.32. The number of hydrogen-bond acceptors (Lipinski definition) is 4. The Labute approximate surface area is 180 Å². The van der Waals surface area contributed by atoms with Gasteiger partial charge in [-0.3, -0.25) is 10.0 Å². The molecule has 3 N–H and O–H groups in total. The fourth-order valence-corrected chi connectivity index (χ4v) is 4.57. The summed E-state index contributed by atoms with van der Waals surface area (Å²) < 4.78 is 19.7. The van der Waals surface area contributed by atoms with E-state index in [1.54, 1.807) is 23.7 Å². The van der Waals surface area contributed by atoms with Crippen LogP contribution in [0.1, 0.15) is 84.5 Å². The number of hydroxylamine groups is 1. The van der Waals surface area contributed by atoms with Gasteiger partial charge in [-0.15, -0.1) is 0 Å². The van der Waals surface area contributed by atoms with Crippen molar-refractivity contribution in [1.82, 2.24) is 5.48 Å². The summed E-state index contributed by atoms with van der Waals surface area (Å²) in [5, 5.41) is 19.2. The van der Waals surface area contributed by atoms with Gasteiger partial charge in [-0.25, -0.2) is 9.87 Å². The van der Waals surface area contributed by atoms with Crippen molar-refractivity contribution in [3.63, 3.8) is 0 Å². The van der Waals surface area contributed by atoms with Crippen molar-refractivity contribution < 1.29 is 24.2 Å². The molecule has 1 aromatic rings. The van der Waals surface area contributed by atoms with Gasteiger partial charge in [-0.05, 0) is 57.1 Å². The minimum atomic E-state index is -0.850. The minimum absolute atomic E-state index is 0.178. The first-order valence-electron chi connectivity index (χ1n) is 11.4. The Morgan fingerprint density at radius 1 is 1.17 bits per heavy atom. The van der Waals surface area contributed by atoms with E-state index in [1.165, 1.54) is 31.7 Å². The quantitative estimate of drug-likeness (QED) is 0.226. The van der Waals surface area contributed by atoms with Gasteiger partial charge in [0.25, 0.3) is 0 Å². The van der Waals surface area contributed by atoms with Crippen LogP contribution in [0.15, 0.2) is 24.3 Å². The molecule has 1 amide bonds. The van der Waals surface area contributed by atoms with Crippen LogP contribution in [0.2, 0.25) is 0 Å². The summed E-state index contributed by atoms with van der Waals surface area (Å²) in [6.07, 6.45) is 10.3. The highest BCUT2D eigenvalue weighted by Crippen LogP contribution is 2.39. The molecule has 0 aliphatic heterocycles. The van der Waals surface area contributed by atoms with Crippen LogP contribution in [0.25, 0.3) is 0 Å². The zero-order valence-corrected chi connectivity index (χ0v) is 18.4. The normalized spacial score (nSPS) is 20.2. The van der Waals surface area contributed by atoms with Crippen LogP contribution in [-0.4, -0.2) is 27.9 Å². The average molecular weight is 424 g/mol. The van der Waals surface area contributed by atoms with Crippen LogP contribution in [0.4, 0.5) is 4.39 Å². The second-order valence-corrected chi connectivity index (χ2v) is 9.17. The lowest BCUT2D eigenvalue weighted by Crippen LogP contribution is -2.42. The minimum Gasteiger partial charge on any atom is -0.482 e. The van der Waals surface area contributed by atoms with Crippen molar-refractivity contribution in [2.75, 3.05) is 0 Å². The second kappa shape index (κ2) is 12.3. The molecular formula is C24H38FNO4. The third-order valence-corrected chi connectivity index (χ3v) is 6.49. The molecule has 0 spiro atoms. The summed E-state index contributed by atoms with van der Waals surface area (Å²) in [4.78, 5) is 11.0.